The molecule has 1 aromatic heterocycles. The Morgan fingerprint density at radius 2 is 1.89 bits per heavy atom. The van der Waals surface area contributed by atoms with Crippen LogP contribution in [0.4, 0.5) is 9.52 Å². The fraction of sp³-hybridized carbons (Fsp3) is 0.211. The molecular formula is C19H18ClFN4OS. The van der Waals surface area contributed by atoms with Crippen LogP contribution in [0, 0.1) is 17.1 Å². The van der Waals surface area contributed by atoms with E-state index >= 15 is 0 Å². The molecule has 1 amide bonds. The van der Waals surface area contributed by atoms with E-state index in [1.165, 1.54) is 23.5 Å². The number of amides is 1. The molecular weight excluding hydrogens is 387 g/mol. The average Bonchev–Trinajstić information content (AvgIpc) is 3.04. The Kier molecular flexibility index (Phi) is 6.86. The highest BCUT2D eigenvalue weighted by Crippen LogP contribution is 2.30. The van der Waals surface area contributed by atoms with E-state index in [-0.39, 0.29) is 24.1 Å². The van der Waals surface area contributed by atoms with E-state index in [1.807, 2.05) is 25.1 Å². The van der Waals surface area contributed by atoms with Gasteiger partial charge in [-0.05, 0) is 56.6 Å². The quantitative estimate of drug-likeness (QED) is 0.646. The molecule has 3 aromatic rings. The predicted molar refractivity (Wildman–Crippen MR) is 108 cm³/mol. The van der Waals surface area contributed by atoms with E-state index in [0.717, 1.165) is 0 Å². The third-order valence-electron chi connectivity index (χ3n) is 3.85. The third-order valence-corrected chi connectivity index (χ3v) is 4.89. The fourth-order valence-corrected chi connectivity index (χ4v) is 3.44. The standard InChI is InChI=1S/C19H17FN4OS.ClH/c1-23(2)9-10-24(18(25)14-5-3-13(12-21)4-6-14)19-22-16-8-7-15(20)11-17(16)26-19;/h3-8,11H,9-10H2,1-2H3;1H. The second-order valence-corrected chi connectivity index (χ2v) is 7.07. The Labute approximate surface area is 167 Å². The molecule has 0 bridgehead atoms. The molecule has 8 heteroatoms. The summed E-state index contributed by atoms with van der Waals surface area (Å²) >= 11 is 1.28. The maximum Gasteiger partial charge on any atom is 0.260 e. The number of carbonyl (C=O) groups excluding carboxylic acids is 1. The van der Waals surface area contributed by atoms with Crippen molar-refractivity contribution >= 4 is 45.0 Å². The van der Waals surface area contributed by atoms with Crippen LogP contribution in [-0.4, -0.2) is 43.0 Å². The molecule has 140 valence electrons. The second-order valence-electron chi connectivity index (χ2n) is 6.06. The van der Waals surface area contributed by atoms with Crippen LogP contribution in [0.25, 0.3) is 10.2 Å². The van der Waals surface area contributed by atoms with Crippen LogP contribution in [0.2, 0.25) is 0 Å². The summed E-state index contributed by atoms with van der Waals surface area (Å²) in [4.78, 5) is 21.1. The van der Waals surface area contributed by atoms with Crippen LogP contribution in [0.15, 0.2) is 42.5 Å². The van der Waals surface area contributed by atoms with Crippen molar-refractivity contribution in [3.63, 3.8) is 0 Å². The van der Waals surface area contributed by atoms with E-state index in [9.17, 15) is 9.18 Å². The second kappa shape index (κ2) is 8.91. The summed E-state index contributed by atoms with van der Waals surface area (Å²) in [6.45, 7) is 1.11. The van der Waals surface area contributed by atoms with Crippen molar-refractivity contribution in [2.24, 2.45) is 0 Å². The molecule has 0 N–H and O–H groups in total. The number of benzene rings is 2. The van der Waals surface area contributed by atoms with Gasteiger partial charge in [0.05, 0.1) is 21.8 Å². The van der Waals surface area contributed by atoms with Crippen LogP contribution in [0.5, 0.6) is 0 Å². The predicted octanol–water partition coefficient (Wildman–Crippen LogP) is 3.94. The molecule has 1 heterocycles. The number of anilines is 1. The first-order chi connectivity index (χ1) is 12.5. The van der Waals surface area contributed by atoms with Gasteiger partial charge in [0.2, 0.25) is 0 Å². The number of halogens is 2. The summed E-state index contributed by atoms with van der Waals surface area (Å²) in [6, 6.07) is 12.9. The lowest BCUT2D eigenvalue weighted by atomic mass is 10.1. The SMILES string of the molecule is CN(C)CCN(C(=O)c1ccc(C#N)cc1)c1nc2ccc(F)cc2s1.Cl. The molecule has 0 fully saturated rings. The van der Waals surface area contributed by atoms with Gasteiger partial charge >= 0.3 is 0 Å². The number of aromatic nitrogens is 1. The molecule has 27 heavy (non-hydrogen) atoms. The van der Waals surface area contributed by atoms with Crippen LogP contribution < -0.4 is 4.90 Å². The van der Waals surface area contributed by atoms with Crippen LogP contribution in [-0.2, 0) is 0 Å². The first-order valence-electron chi connectivity index (χ1n) is 8.01. The zero-order valence-corrected chi connectivity index (χ0v) is 16.5. The molecule has 0 aliphatic rings. The Hall–Kier alpha value is -2.53. The highest BCUT2D eigenvalue weighted by Gasteiger charge is 2.21. The molecule has 0 saturated heterocycles. The van der Waals surface area contributed by atoms with Gasteiger partial charge in [0.15, 0.2) is 5.13 Å². The van der Waals surface area contributed by atoms with Gasteiger partial charge in [0, 0.05) is 18.7 Å². The fourth-order valence-electron chi connectivity index (χ4n) is 2.43. The molecule has 3 rings (SSSR count). The van der Waals surface area contributed by atoms with Crippen molar-refractivity contribution in [2.45, 2.75) is 0 Å². The monoisotopic (exact) mass is 404 g/mol. The van der Waals surface area contributed by atoms with Gasteiger partial charge in [-0.1, -0.05) is 11.3 Å². The highest BCUT2D eigenvalue weighted by atomic mass is 35.5. The largest absolute Gasteiger partial charge is 0.308 e. The van der Waals surface area contributed by atoms with E-state index in [2.05, 4.69) is 4.98 Å². The number of nitriles is 1. The van der Waals surface area contributed by atoms with Crippen molar-refractivity contribution in [1.29, 1.82) is 5.26 Å². The molecule has 0 atom stereocenters. The van der Waals surface area contributed by atoms with Gasteiger partial charge < -0.3 is 4.90 Å². The molecule has 5 nitrogen and oxygen atoms in total. The van der Waals surface area contributed by atoms with Gasteiger partial charge in [0.1, 0.15) is 5.82 Å². The van der Waals surface area contributed by atoms with E-state index in [4.69, 9.17) is 5.26 Å². The summed E-state index contributed by atoms with van der Waals surface area (Å²) in [6.07, 6.45) is 0. The number of likely N-dealkylation sites (N-methyl/N-ethyl adjacent to an activating group) is 1. The number of hydrogen-bond donors (Lipinski definition) is 0. The number of thiazole rings is 1. The number of fused-ring (bicyclic) bond motifs is 1. The number of nitrogens with zero attached hydrogens (tertiary/aromatic N) is 4. The van der Waals surface area contributed by atoms with Crippen LogP contribution in [0.3, 0.4) is 0 Å². The Balaban J connectivity index is 0.00000261. The van der Waals surface area contributed by atoms with Gasteiger partial charge in [-0.3, -0.25) is 9.69 Å². The molecule has 2 aromatic carbocycles. The van der Waals surface area contributed by atoms with Gasteiger partial charge in [-0.25, -0.2) is 9.37 Å². The zero-order chi connectivity index (χ0) is 18.7. The van der Waals surface area contributed by atoms with Gasteiger partial charge in [-0.2, -0.15) is 5.26 Å². The smallest absolute Gasteiger partial charge is 0.260 e. The summed E-state index contributed by atoms with van der Waals surface area (Å²) in [7, 11) is 3.86. The normalized spacial score (nSPS) is 10.5. The summed E-state index contributed by atoms with van der Waals surface area (Å²) in [5.74, 6) is -0.526. The number of hydrogen-bond acceptors (Lipinski definition) is 5. The highest BCUT2D eigenvalue weighted by molar-refractivity contribution is 7.22. The number of rotatable bonds is 5. The van der Waals surface area contributed by atoms with E-state index in [1.54, 1.807) is 35.2 Å². The van der Waals surface area contributed by atoms with Crippen molar-refractivity contribution in [1.82, 2.24) is 9.88 Å². The minimum Gasteiger partial charge on any atom is -0.308 e. The summed E-state index contributed by atoms with van der Waals surface area (Å²) < 4.78 is 14.2. The summed E-state index contributed by atoms with van der Waals surface area (Å²) in [5.41, 5.74) is 1.64. The minimum atomic E-state index is -0.328. The zero-order valence-electron chi connectivity index (χ0n) is 14.8. The Bertz CT molecular complexity index is 982. The topological polar surface area (TPSA) is 60.2 Å². The first-order valence-corrected chi connectivity index (χ1v) is 8.82. The lowest BCUT2D eigenvalue weighted by molar-refractivity contribution is 0.0985. The lowest BCUT2D eigenvalue weighted by Gasteiger charge is -2.22. The van der Waals surface area contributed by atoms with E-state index < -0.39 is 0 Å². The molecule has 0 saturated carbocycles. The first kappa shape index (κ1) is 20.8. The maximum absolute atomic E-state index is 13.5. The Morgan fingerprint density at radius 1 is 1.19 bits per heavy atom. The van der Waals surface area contributed by atoms with Crippen LogP contribution in [0.1, 0.15) is 15.9 Å². The van der Waals surface area contributed by atoms with Crippen molar-refractivity contribution in [3.8, 4) is 6.07 Å². The van der Waals surface area contributed by atoms with Crippen molar-refractivity contribution < 1.29 is 9.18 Å². The third kappa shape index (κ3) is 4.80. The number of carbonyl (C=O) groups is 1. The van der Waals surface area contributed by atoms with Gasteiger partial charge in [-0.15, -0.1) is 12.4 Å². The lowest BCUT2D eigenvalue weighted by Crippen LogP contribution is -2.36. The minimum absolute atomic E-state index is 0. The molecule has 0 aliphatic heterocycles. The molecule has 0 aliphatic carbocycles. The van der Waals surface area contributed by atoms with Crippen molar-refractivity contribution in [3.05, 3.63) is 59.4 Å². The van der Waals surface area contributed by atoms with Crippen molar-refractivity contribution in [2.75, 3.05) is 32.1 Å². The molecule has 0 spiro atoms. The summed E-state index contributed by atoms with van der Waals surface area (Å²) in [5, 5.41) is 9.44. The molecule has 0 unspecified atom stereocenters. The molecule has 0 radical (unpaired) electrons. The average molecular weight is 405 g/mol. The Morgan fingerprint density at radius 3 is 2.52 bits per heavy atom. The van der Waals surface area contributed by atoms with Crippen LogP contribution >= 0.6 is 23.7 Å². The van der Waals surface area contributed by atoms with Gasteiger partial charge in [0.25, 0.3) is 5.91 Å². The maximum atomic E-state index is 13.5. The van der Waals surface area contributed by atoms with E-state index in [0.29, 0.717) is 39.6 Å².